The van der Waals surface area contributed by atoms with Gasteiger partial charge in [-0.3, -0.25) is 9.78 Å². The molecule has 35 heavy (non-hydrogen) atoms. The van der Waals surface area contributed by atoms with Crippen molar-refractivity contribution in [1.82, 2.24) is 24.4 Å². The fraction of sp³-hybridized carbons (Fsp3) is 0.259. The quantitative estimate of drug-likeness (QED) is 0.397. The highest BCUT2D eigenvalue weighted by molar-refractivity contribution is 5.94. The lowest BCUT2D eigenvalue weighted by Crippen LogP contribution is -2.39. The van der Waals surface area contributed by atoms with Gasteiger partial charge in [-0.15, -0.1) is 0 Å². The standard InChI is InChI=1S/C27H26FN5O2/c1-19-29-13-15-32(19)17-20-4-2-5-21(16-20)27(34)33-14-3-6-22(18-33)25-26(31-12-11-30-25)35-24-9-7-23(28)8-10-24/h2,4-5,7-13,15-16,22H,3,6,14,17-18H2,1H3/t22-/m0/s1. The van der Waals surface area contributed by atoms with Crippen molar-refractivity contribution in [2.75, 3.05) is 13.1 Å². The molecule has 0 unspecified atom stereocenters. The number of carbonyl (C=O) groups is 1. The maximum absolute atomic E-state index is 13.4. The molecule has 1 aliphatic heterocycles. The molecule has 2 aromatic carbocycles. The van der Waals surface area contributed by atoms with Crippen LogP contribution in [0.25, 0.3) is 0 Å². The van der Waals surface area contributed by atoms with Crippen LogP contribution in [0.5, 0.6) is 11.6 Å². The maximum Gasteiger partial charge on any atom is 0.253 e. The summed E-state index contributed by atoms with van der Waals surface area (Å²) in [5.41, 5.74) is 2.43. The van der Waals surface area contributed by atoms with Crippen molar-refractivity contribution in [3.8, 4) is 11.6 Å². The number of nitrogens with zero attached hydrogens (tertiary/aromatic N) is 5. The number of rotatable bonds is 6. The average molecular weight is 472 g/mol. The number of carbonyl (C=O) groups excluding carboxylic acids is 1. The monoisotopic (exact) mass is 471 g/mol. The highest BCUT2D eigenvalue weighted by Gasteiger charge is 2.29. The summed E-state index contributed by atoms with van der Waals surface area (Å²) in [7, 11) is 0. The average Bonchev–Trinajstić information content (AvgIpc) is 3.29. The van der Waals surface area contributed by atoms with Gasteiger partial charge in [0.25, 0.3) is 5.91 Å². The summed E-state index contributed by atoms with van der Waals surface area (Å²) in [5, 5.41) is 0. The van der Waals surface area contributed by atoms with Crippen LogP contribution in [0, 0.1) is 12.7 Å². The van der Waals surface area contributed by atoms with Gasteiger partial charge in [0.05, 0.1) is 0 Å². The molecule has 178 valence electrons. The third-order valence-corrected chi connectivity index (χ3v) is 6.27. The summed E-state index contributed by atoms with van der Waals surface area (Å²) < 4.78 is 21.2. The van der Waals surface area contributed by atoms with Crippen molar-refractivity contribution < 1.29 is 13.9 Å². The second kappa shape index (κ2) is 10.0. The highest BCUT2D eigenvalue weighted by Crippen LogP contribution is 2.33. The number of hydrogen-bond acceptors (Lipinski definition) is 5. The van der Waals surface area contributed by atoms with E-state index in [1.165, 1.54) is 12.1 Å². The van der Waals surface area contributed by atoms with Gasteiger partial charge in [0, 0.05) is 55.9 Å². The number of piperidine rings is 1. The molecule has 1 amide bonds. The molecule has 0 aliphatic carbocycles. The van der Waals surface area contributed by atoms with Crippen LogP contribution in [0.4, 0.5) is 4.39 Å². The molecule has 1 aliphatic rings. The second-order valence-electron chi connectivity index (χ2n) is 8.70. The topological polar surface area (TPSA) is 73.1 Å². The molecule has 8 heteroatoms. The molecule has 7 nitrogen and oxygen atoms in total. The van der Waals surface area contributed by atoms with Crippen molar-refractivity contribution in [2.45, 2.75) is 32.2 Å². The van der Waals surface area contributed by atoms with E-state index in [4.69, 9.17) is 4.74 Å². The van der Waals surface area contributed by atoms with E-state index in [0.29, 0.717) is 42.5 Å². The Kier molecular flexibility index (Phi) is 6.52. The van der Waals surface area contributed by atoms with E-state index in [1.54, 1.807) is 30.7 Å². The van der Waals surface area contributed by atoms with Gasteiger partial charge in [0.1, 0.15) is 23.1 Å². The molecular formula is C27H26FN5O2. The molecular weight excluding hydrogens is 445 g/mol. The van der Waals surface area contributed by atoms with Crippen molar-refractivity contribution in [1.29, 1.82) is 0 Å². The van der Waals surface area contributed by atoms with Gasteiger partial charge >= 0.3 is 0 Å². The third kappa shape index (κ3) is 5.21. The Labute approximate surface area is 203 Å². The number of halogens is 1. The zero-order valence-corrected chi connectivity index (χ0v) is 19.5. The first-order valence-electron chi connectivity index (χ1n) is 11.7. The maximum atomic E-state index is 13.4. The number of likely N-dealkylation sites (tertiary alicyclic amines) is 1. The number of amides is 1. The Morgan fingerprint density at radius 3 is 2.71 bits per heavy atom. The van der Waals surface area contributed by atoms with E-state index in [2.05, 4.69) is 19.5 Å². The van der Waals surface area contributed by atoms with E-state index in [0.717, 1.165) is 24.2 Å². The third-order valence-electron chi connectivity index (χ3n) is 6.27. The van der Waals surface area contributed by atoms with Crippen LogP contribution in [0.15, 0.2) is 73.3 Å². The number of benzene rings is 2. The molecule has 2 aromatic heterocycles. The smallest absolute Gasteiger partial charge is 0.253 e. The molecule has 0 radical (unpaired) electrons. The van der Waals surface area contributed by atoms with E-state index in [-0.39, 0.29) is 17.6 Å². The van der Waals surface area contributed by atoms with Gasteiger partial charge < -0.3 is 14.2 Å². The van der Waals surface area contributed by atoms with E-state index in [1.807, 2.05) is 42.3 Å². The predicted molar refractivity (Wildman–Crippen MR) is 129 cm³/mol. The minimum absolute atomic E-state index is 0.00352. The number of hydrogen-bond donors (Lipinski definition) is 0. The molecule has 0 saturated carbocycles. The van der Waals surface area contributed by atoms with Crippen molar-refractivity contribution in [3.63, 3.8) is 0 Å². The number of aryl methyl sites for hydroxylation is 1. The zero-order chi connectivity index (χ0) is 24.2. The molecule has 3 heterocycles. The van der Waals surface area contributed by atoms with E-state index in [9.17, 15) is 9.18 Å². The molecule has 0 N–H and O–H groups in total. The Balaban J connectivity index is 1.32. The molecule has 1 saturated heterocycles. The zero-order valence-electron chi connectivity index (χ0n) is 19.5. The molecule has 0 bridgehead atoms. The Morgan fingerprint density at radius 1 is 1.09 bits per heavy atom. The van der Waals surface area contributed by atoms with Crippen molar-refractivity contribution >= 4 is 5.91 Å². The van der Waals surface area contributed by atoms with Crippen LogP contribution in [-0.2, 0) is 6.54 Å². The first-order chi connectivity index (χ1) is 17.1. The van der Waals surface area contributed by atoms with Crippen LogP contribution in [0.2, 0.25) is 0 Å². The molecule has 1 atom stereocenters. The highest BCUT2D eigenvalue weighted by atomic mass is 19.1. The van der Waals surface area contributed by atoms with Crippen LogP contribution in [0.3, 0.4) is 0 Å². The number of aromatic nitrogens is 4. The van der Waals surface area contributed by atoms with Gasteiger partial charge in [0.15, 0.2) is 0 Å². The Morgan fingerprint density at radius 2 is 1.91 bits per heavy atom. The summed E-state index contributed by atoms with van der Waals surface area (Å²) >= 11 is 0. The van der Waals surface area contributed by atoms with Gasteiger partial charge in [-0.05, 0) is 61.7 Å². The van der Waals surface area contributed by atoms with Crippen LogP contribution in [0.1, 0.15) is 46.2 Å². The fourth-order valence-electron chi connectivity index (χ4n) is 4.45. The first-order valence-corrected chi connectivity index (χ1v) is 11.7. The van der Waals surface area contributed by atoms with Crippen LogP contribution >= 0.6 is 0 Å². The second-order valence-corrected chi connectivity index (χ2v) is 8.70. The lowest BCUT2D eigenvalue weighted by Gasteiger charge is -2.33. The normalized spacial score (nSPS) is 15.7. The van der Waals surface area contributed by atoms with Crippen LogP contribution in [-0.4, -0.2) is 43.4 Å². The predicted octanol–water partition coefficient (Wildman–Crippen LogP) is 4.98. The lowest BCUT2D eigenvalue weighted by molar-refractivity contribution is 0.0704. The Bertz CT molecular complexity index is 1320. The number of imidazole rings is 1. The Hall–Kier alpha value is -4.07. The lowest BCUT2D eigenvalue weighted by atomic mass is 9.94. The molecule has 4 aromatic rings. The van der Waals surface area contributed by atoms with Crippen molar-refractivity contribution in [3.05, 3.63) is 102 Å². The summed E-state index contributed by atoms with van der Waals surface area (Å²) in [6.45, 7) is 3.85. The first kappa shape index (κ1) is 22.7. The summed E-state index contributed by atoms with van der Waals surface area (Å²) in [4.78, 5) is 28.5. The SMILES string of the molecule is Cc1nccn1Cc1cccc(C(=O)N2CCC[C@H](c3nccnc3Oc3ccc(F)cc3)C2)c1. The summed E-state index contributed by atoms with van der Waals surface area (Å²) in [6.07, 6.45) is 8.65. The summed E-state index contributed by atoms with van der Waals surface area (Å²) in [6, 6.07) is 13.6. The van der Waals surface area contributed by atoms with Crippen LogP contribution < -0.4 is 4.74 Å². The van der Waals surface area contributed by atoms with E-state index >= 15 is 0 Å². The minimum atomic E-state index is -0.331. The van der Waals surface area contributed by atoms with Gasteiger partial charge in [-0.1, -0.05) is 12.1 Å². The minimum Gasteiger partial charge on any atom is -0.437 e. The van der Waals surface area contributed by atoms with Gasteiger partial charge in [0.2, 0.25) is 5.88 Å². The molecule has 1 fully saturated rings. The largest absolute Gasteiger partial charge is 0.437 e. The summed E-state index contributed by atoms with van der Waals surface area (Å²) in [5.74, 6) is 1.47. The van der Waals surface area contributed by atoms with Crippen molar-refractivity contribution in [2.24, 2.45) is 0 Å². The van der Waals surface area contributed by atoms with Gasteiger partial charge in [-0.2, -0.15) is 0 Å². The number of ether oxygens (including phenoxy) is 1. The molecule has 0 spiro atoms. The fourth-order valence-corrected chi connectivity index (χ4v) is 4.45. The molecule has 5 rings (SSSR count). The van der Waals surface area contributed by atoms with Gasteiger partial charge in [-0.25, -0.2) is 14.4 Å². The van der Waals surface area contributed by atoms with E-state index < -0.39 is 0 Å².